The van der Waals surface area contributed by atoms with Crippen LogP contribution in [0.4, 0.5) is 5.13 Å². The highest BCUT2D eigenvalue weighted by atomic mass is 32.3. The number of carbonyl (C=O) groups is 2. The van der Waals surface area contributed by atoms with E-state index in [0.29, 0.717) is 22.2 Å². The Morgan fingerprint density at radius 1 is 1.22 bits per heavy atom. The van der Waals surface area contributed by atoms with Crippen LogP contribution in [-0.2, 0) is 29.1 Å². The highest BCUT2D eigenvalue weighted by molar-refractivity contribution is 7.80. The van der Waals surface area contributed by atoms with Crippen LogP contribution < -0.4 is 27.7 Å². The maximum absolute atomic E-state index is 13.1. The van der Waals surface area contributed by atoms with Crippen molar-refractivity contribution in [1.29, 1.82) is 0 Å². The van der Waals surface area contributed by atoms with Gasteiger partial charge in [-0.3, -0.25) is 19.1 Å². The van der Waals surface area contributed by atoms with Crippen molar-refractivity contribution in [2.45, 2.75) is 31.8 Å². The van der Waals surface area contributed by atoms with E-state index in [4.69, 9.17) is 37.1 Å². The molecule has 1 aliphatic rings. The van der Waals surface area contributed by atoms with Gasteiger partial charge >= 0.3 is 10.4 Å². The Morgan fingerprint density at radius 3 is 2.41 bits per heavy atom. The first-order chi connectivity index (χ1) is 19.3. The number of nitrogen functional groups attached to an aromatic ring is 1. The molecule has 2 aromatic rings. The lowest BCUT2D eigenvalue weighted by Crippen LogP contribution is -2.68. The van der Waals surface area contributed by atoms with Gasteiger partial charge in [0.05, 0.1) is 17.5 Å². The van der Waals surface area contributed by atoms with Gasteiger partial charge in [-0.05, 0) is 38.1 Å². The Balaban J connectivity index is 1.60. The third-order valence-electron chi connectivity index (χ3n) is 6.08. The van der Waals surface area contributed by atoms with Crippen LogP contribution in [-0.4, -0.2) is 84.1 Å². The number of nitrogens with two attached hydrogens (primary N) is 4. The molecule has 3 rings (SSSR count). The van der Waals surface area contributed by atoms with Gasteiger partial charge in [0.15, 0.2) is 23.2 Å². The number of carbonyl (C=O) groups excluding carboxylic acids is 2. The topological polar surface area (TPSA) is 261 Å². The number of amides is 1. The van der Waals surface area contributed by atoms with Gasteiger partial charge in [-0.25, -0.2) is 4.98 Å². The van der Waals surface area contributed by atoms with Crippen LogP contribution >= 0.6 is 11.3 Å². The van der Waals surface area contributed by atoms with Gasteiger partial charge < -0.3 is 32.5 Å². The summed E-state index contributed by atoms with van der Waals surface area (Å²) < 4.78 is 40.9. The number of anilines is 1. The number of oxime groups is 1. The molecular weight excluding hydrogens is 580 g/mol. The van der Waals surface area contributed by atoms with Gasteiger partial charge in [0.2, 0.25) is 0 Å². The highest BCUT2D eigenvalue weighted by Gasteiger charge is 2.57. The SMILES string of the molecule is CC1(C)[C@H](CC(=O)/C(=N\OCCOc2ccc(C(N)=NC(CN)CN)cc2)c2csc(N)n2)C(=O)N1OS(=O)(=O)O. The molecule has 41 heavy (non-hydrogen) atoms. The van der Waals surface area contributed by atoms with Crippen molar-refractivity contribution in [3.05, 3.63) is 40.9 Å². The number of Topliss-reactive ketones (excluding diaryl/α,β-unsaturated/α-hetero) is 1. The van der Waals surface area contributed by atoms with Crippen LogP contribution in [0.2, 0.25) is 0 Å². The van der Waals surface area contributed by atoms with Crippen molar-refractivity contribution in [3.63, 3.8) is 0 Å². The zero-order chi connectivity index (χ0) is 30.4. The van der Waals surface area contributed by atoms with E-state index >= 15 is 0 Å². The van der Waals surface area contributed by atoms with Crippen LogP contribution in [0.5, 0.6) is 5.75 Å². The summed E-state index contributed by atoms with van der Waals surface area (Å²) in [4.78, 5) is 39.2. The molecule has 1 aliphatic heterocycles. The Kier molecular flexibility index (Phi) is 10.3. The lowest BCUT2D eigenvalue weighted by Gasteiger charge is -2.50. The van der Waals surface area contributed by atoms with Gasteiger partial charge in [0.1, 0.15) is 23.9 Å². The second-order valence-electron chi connectivity index (χ2n) is 9.32. The summed E-state index contributed by atoms with van der Waals surface area (Å²) in [6, 6.07) is 6.58. The minimum Gasteiger partial charge on any atom is -0.490 e. The second-order valence-corrected chi connectivity index (χ2v) is 11.2. The average molecular weight is 613 g/mol. The number of ether oxygens (including phenoxy) is 1. The molecule has 18 heteroatoms. The lowest BCUT2D eigenvalue weighted by molar-refractivity contribution is -0.228. The summed E-state index contributed by atoms with van der Waals surface area (Å²) in [5.41, 5.74) is 22.3. The predicted molar refractivity (Wildman–Crippen MR) is 150 cm³/mol. The number of hydrogen-bond donors (Lipinski definition) is 5. The standard InChI is InChI=1S/C23H32N8O8S2/c1-23(2)16(21(33)31(23)39-41(34,35)36)9-18(32)19(17-12-40-22(27)29-17)30-38-8-7-37-15-5-3-13(4-6-15)20(26)28-14(10-24)11-25/h3-6,12,14,16H,7-11,24-25H2,1-2H3,(H2,26,28)(H2,27,29)(H,34,35,36)/b30-19-/t16-/m1/s1. The molecule has 0 radical (unpaired) electrons. The summed E-state index contributed by atoms with van der Waals surface area (Å²) >= 11 is 1.08. The van der Waals surface area contributed by atoms with E-state index < -0.39 is 33.5 Å². The number of hydrogen-bond acceptors (Lipinski definition) is 14. The molecule has 0 spiro atoms. The van der Waals surface area contributed by atoms with Gasteiger partial charge in [0, 0.05) is 30.5 Å². The summed E-state index contributed by atoms with van der Waals surface area (Å²) in [6.07, 6.45) is -0.358. The molecule has 2 heterocycles. The Hall–Kier alpha value is -3.68. The summed E-state index contributed by atoms with van der Waals surface area (Å²) in [6.45, 7) is 3.56. The minimum atomic E-state index is -4.92. The number of ketones is 1. The molecule has 1 fully saturated rings. The Morgan fingerprint density at radius 2 is 1.88 bits per heavy atom. The zero-order valence-corrected chi connectivity index (χ0v) is 23.9. The molecule has 1 atom stereocenters. The third kappa shape index (κ3) is 8.18. The number of β-lactam (4-membered cyclic amide) rings is 1. The summed E-state index contributed by atoms with van der Waals surface area (Å²) in [5.74, 6) is -1.53. The molecule has 1 saturated heterocycles. The highest BCUT2D eigenvalue weighted by Crippen LogP contribution is 2.40. The molecule has 0 unspecified atom stereocenters. The maximum atomic E-state index is 13.1. The molecule has 9 N–H and O–H groups in total. The normalized spacial score (nSPS) is 17.5. The van der Waals surface area contributed by atoms with Gasteiger partial charge in [-0.1, -0.05) is 5.16 Å². The van der Waals surface area contributed by atoms with E-state index in [-0.39, 0.29) is 55.3 Å². The molecule has 0 bridgehead atoms. The van der Waals surface area contributed by atoms with E-state index in [2.05, 4.69) is 19.4 Å². The maximum Gasteiger partial charge on any atom is 0.418 e. The molecule has 0 aliphatic carbocycles. The number of thiazole rings is 1. The van der Waals surface area contributed by atoms with Gasteiger partial charge in [0.25, 0.3) is 5.91 Å². The van der Waals surface area contributed by atoms with Gasteiger partial charge in [-0.2, -0.15) is 13.5 Å². The van der Waals surface area contributed by atoms with E-state index in [1.54, 1.807) is 24.3 Å². The number of aromatic nitrogens is 1. The fourth-order valence-electron chi connectivity index (χ4n) is 3.79. The summed E-state index contributed by atoms with van der Waals surface area (Å²) in [7, 11) is -4.92. The van der Waals surface area contributed by atoms with Crippen LogP contribution in [0.1, 0.15) is 31.5 Å². The second kappa shape index (κ2) is 13.3. The molecule has 1 aromatic carbocycles. The largest absolute Gasteiger partial charge is 0.490 e. The molecule has 1 amide bonds. The fourth-order valence-corrected chi connectivity index (χ4v) is 4.79. The van der Waals surface area contributed by atoms with Crippen molar-refractivity contribution in [1.82, 2.24) is 10.0 Å². The van der Waals surface area contributed by atoms with Crippen LogP contribution in [0.15, 0.2) is 39.8 Å². The van der Waals surface area contributed by atoms with Crippen molar-refractivity contribution >= 4 is 50.1 Å². The van der Waals surface area contributed by atoms with Crippen molar-refractivity contribution in [2.75, 3.05) is 32.0 Å². The monoisotopic (exact) mass is 612 g/mol. The first-order valence-electron chi connectivity index (χ1n) is 12.2. The van der Waals surface area contributed by atoms with Crippen LogP contribution in [0.25, 0.3) is 0 Å². The van der Waals surface area contributed by atoms with Crippen LogP contribution in [0, 0.1) is 5.92 Å². The minimum absolute atomic E-state index is 0.0414. The summed E-state index contributed by atoms with van der Waals surface area (Å²) in [5, 5.41) is 6.10. The quantitative estimate of drug-likeness (QED) is 0.0422. The van der Waals surface area contributed by atoms with E-state index in [1.807, 2.05) is 0 Å². The fraction of sp³-hybridized carbons (Fsp3) is 0.435. The van der Waals surface area contributed by atoms with E-state index in [0.717, 1.165) is 11.3 Å². The third-order valence-corrected chi connectivity index (χ3v) is 7.09. The average Bonchev–Trinajstić information content (AvgIpc) is 3.35. The molecule has 0 saturated carbocycles. The number of benzene rings is 1. The van der Waals surface area contributed by atoms with Crippen molar-refractivity contribution in [3.8, 4) is 5.75 Å². The number of nitrogens with zero attached hydrogens (tertiary/aromatic N) is 4. The smallest absolute Gasteiger partial charge is 0.418 e. The van der Waals surface area contributed by atoms with E-state index in [1.165, 1.54) is 19.2 Å². The van der Waals surface area contributed by atoms with Crippen molar-refractivity contribution in [2.24, 2.45) is 33.3 Å². The van der Waals surface area contributed by atoms with Crippen LogP contribution in [0.3, 0.4) is 0 Å². The first kappa shape index (κ1) is 31.8. The Labute approximate surface area is 240 Å². The molecule has 16 nitrogen and oxygen atoms in total. The lowest BCUT2D eigenvalue weighted by atomic mass is 9.74. The number of amidine groups is 1. The number of rotatable bonds is 15. The predicted octanol–water partition coefficient (Wildman–Crippen LogP) is -0.553. The van der Waals surface area contributed by atoms with E-state index in [9.17, 15) is 18.0 Å². The van der Waals surface area contributed by atoms with Gasteiger partial charge in [-0.15, -0.1) is 15.6 Å². The Bertz CT molecular complexity index is 1400. The molecule has 1 aromatic heterocycles. The first-order valence-corrected chi connectivity index (χ1v) is 14.4. The molecule has 224 valence electrons. The number of aliphatic imine (C=N–C) groups is 1. The number of hydroxylamine groups is 2. The molecular formula is C23H32N8O8S2. The van der Waals surface area contributed by atoms with Crippen molar-refractivity contribution < 1.29 is 36.4 Å². The zero-order valence-electron chi connectivity index (χ0n) is 22.3.